The number of hydrogen-bond acceptors (Lipinski definition) is 2. The molecule has 0 aliphatic carbocycles. The van der Waals surface area contributed by atoms with Gasteiger partial charge in [-0.3, -0.25) is 4.79 Å². The van der Waals surface area contributed by atoms with Crippen molar-refractivity contribution in [3.05, 3.63) is 34.6 Å². The molecule has 1 amide bonds. The van der Waals surface area contributed by atoms with Crippen LogP contribution in [0.1, 0.15) is 23.2 Å². The Bertz CT molecular complexity index is 419. The summed E-state index contributed by atoms with van der Waals surface area (Å²) in [5, 5.41) is 2.70. The normalized spacial score (nSPS) is 19.3. The summed E-state index contributed by atoms with van der Waals surface area (Å²) >= 11 is 5.61. The average Bonchev–Trinajstić information content (AvgIpc) is 2.82. The molecule has 1 aliphatic rings. The van der Waals surface area contributed by atoms with E-state index in [1.807, 2.05) is 0 Å². The first kappa shape index (κ1) is 12.3. The fraction of sp³-hybridized carbons (Fsp3) is 0.417. The van der Waals surface area contributed by atoms with Gasteiger partial charge in [0.1, 0.15) is 5.82 Å². The third kappa shape index (κ3) is 3.17. The van der Waals surface area contributed by atoms with E-state index in [0.717, 1.165) is 19.4 Å². The molecule has 1 unspecified atom stereocenters. The van der Waals surface area contributed by atoms with Crippen LogP contribution in [0.4, 0.5) is 4.39 Å². The fourth-order valence-electron chi connectivity index (χ4n) is 1.75. The lowest BCUT2D eigenvalue weighted by atomic mass is 10.2. The lowest BCUT2D eigenvalue weighted by Gasteiger charge is -2.10. The van der Waals surface area contributed by atoms with Crippen LogP contribution in [0.25, 0.3) is 0 Å². The Kier molecular flexibility index (Phi) is 3.97. The summed E-state index contributed by atoms with van der Waals surface area (Å²) in [6, 6.07) is 3.91. The van der Waals surface area contributed by atoms with Gasteiger partial charge in [-0.1, -0.05) is 11.6 Å². The van der Waals surface area contributed by atoms with Gasteiger partial charge in [-0.05, 0) is 31.0 Å². The SMILES string of the molecule is O=C(NCC1CCCO1)c1ccc(F)c(Cl)c1. The van der Waals surface area contributed by atoms with Crippen molar-refractivity contribution in [3.63, 3.8) is 0 Å². The lowest BCUT2D eigenvalue weighted by Crippen LogP contribution is -2.31. The standard InChI is InChI=1S/C12H13ClFNO2/c13-10-6-8(3-4-11(10)14)12(16)15-7-9-2-1-5-17-9/h3-4,6,9H,1-2,5,7H2,(H,15,16). The predicted molar refractivity (Wildman–Crippen MR) is 62.7 cm³/mol. The molecular formula is C12H13ClFNO2. The van der Waals surface area contributed by atoms with E-state index < -0.39 is 5.82 Å². The van der Waals surface area contributed by atoms with Crippen LogP contribution in [0.3, 0.4) is 0 Å². The monoisotopic (exact) mass is 257 g/mol. The van der Waals surface area contributed by atoms with Crippen molar-refractivity contribution in [2.75, 3.05) is 13.2 Å². The van der Waals surface area contributed by atoms with Crippen LogP contribution in [-0.4, -0.2) is 25.2 Å². The zero-order valence-electron chi connectivity index (χ0n) is 9.21. The summed E-state index contributed by atoms with van der Waals surface area (Å²) in [4.78, 5) is 11.7. The second-order valence-electron chi connectivity index (χ2n) is 3.97. The van der Waals surface area contributed by atoms with E-state index in [9.17, 15) is 9.18 Å². The maximum Gasteiger partial charge on any atom is 0.251 e. The van der Waals surface area contributed by atoms with Crippen molar-refractivity contribution < 1.29 is 13.9 Å². The molecule has 1 fully saturated rings. The van der Waals surface area contributed by atoms with Crippen molar-refractivity contribution in [1.82, 2.24) is 5.32 Å². The largest absolute Gasteiger partial charge is 0.376 e. The van der Waals surface area contributed by atoms with Crippen LogP contribution in [-0.2, 0) is 4.74 Å². The highest BCUT2D eigenvalue weighted by atomic mass is 35.5. The Balaban J connectivity index is 1.92. The van der Waals surface area contributed by atoms with Gasteiger partial charge >= 0.3 is 0 Å². The van der Waals surface area contributed by atoms with Crippen molar-refractivity contribution in [2.24, 2.45) is 0 Å². The van der Waals surface area contributed by atoms with E-state index >= 15 is 0 Å². The van der Waals surface area contributed by atoms with Crippen LogP contribution in [0.5, 0.6) is 0 Å². The molecule has 1 saturated heterocycles. The molecule has 0 radical (unpaired) electrons. The second-order valence-corrected chi connectivity index (χ2v) is 4.38. The fourth-order valence-corrected chi connectivity index (χ4v) is 1.93. The first-order valence-electron chi connectivity index (χ1n) is 5.51. The number of amides is 1. The molecule has 0 saturated carbocycles. The highest BCUT2D eigenvalue weighted by Crippen LogP contribution is 2.16. The maximum atomic E-state index is 12.9. The molecule has 5 heteroatoms. The number of carbonyl (C=O) groups excluding carboxylic acids is 1. The Labute approximate surface area is 104 Å². The third-order valence-electron chi connectivity index (χ3n) is 2.70. The van der Waals surface area contributed by atoms with Crippen LogP contribution >= 0.6 is 11.6 Å². The molecular weight excluding hydrogens is 245 g/mol. The molecule has 1 heterocycles. The zero-order chi connectivity index (χ0) is 12.3. The average molecular weight is 258 g/mol. The lowest BCUT2D eigenvalue weighted by molar-refractivity contribution is 0.0857. The first-order chi connectivity index (χ1) is 8.16. The molecule has 1 aromatic carbocycles. The van der Waals surface area contributed by atoms with E-state index in [-0.39, 0.29) is 17.0 Å². The van der Waals surface area contributed by atoms with Gasteiger partial charge in [0.2, 0.25) is 0 Å². The van der Waals surface area contributed by atoms with Crippen LogP contribution < -0.4 is 5.32 Å². The quantitative estimate of drug-likeness (QED) is 0.903. The molecule has 0 bridgehead atoms. The smallest absolute Gasteiger partial charge is 0.251 e. The molecule has 0 spiro atoms. The summed E-state index contributed by atoms with van der Waals surface area (Å²) in [6.45, 7) is 1.23. The molecule has 1 aliphatic heterocycles. The van der Waals surface area contributed by atoms with E-state index in [1.165, 1.54) is 18.2 Å². The number of carbonyl (C=O) groups is 1. The number of benzene rings is 1. The Morgan fingerprint density at radius 2 is 2.41 bits per heavy atom. The van der Waals surface area contributed by atoms with Gasteiger partial charge in [-0.15, -0.1) is 0 Å². The summed E-state index contributed by atoms with van der Waals surface area (Å²) in [7, 11) is 0. The van der Waals surface area contributed by atoms with Crippen LogP contribution in [0, 0.1) is 5.82 Å². The Hall–Kier alpha value is -1.13. The topological polar surface area (TPSA) is 38.3 Å². The Morgan fingerprint density at radius 3 is 3.06 bits per heavy atom. The van der Waals surface area contributed by atoms with E-state index in [0.29, 0.717) is 12.1 Å². The number of rotatable bonds is 3. The van der Waals surface area contributed by atoms with Crippen LogP contribution in [0.2, 0.25) is 5.02 Å². The van der Waals surface area contributed by atoms with E-state index in [2.05, 4.69) is 5.32 Å². The molecule has 1 atom stereocenters. The molecule has 3 nitrogen and oxygen atoms in total. The molecule has 1 N–H and O–H groups in total. The van der Waals surface area contributed by atoms with Crippen molar-refractivity contribution in [3.8, 4) is 0 Å². The van der Waals surface area contributed by atoms with Gasteiger partial charge in [-0.2, -0.15) is 0 Å². The predicted octanol–water partition coefficient (Wildman–Crippen LogP) is 2.39. The number of halogens is 2. The maximum absolute atomic E-state index is 12.9. The molecule has 92 valence electrons. The van der Waals surface area contributed by atoms with E-state index in [1.54, 1.807) is 0 Å². The Morgan fingerprint density at radius 1 is 1.59 bits per heavy atom. The summed E-state index contributed by atoms with van der Waals surface area (Å²) in [5.74, 6) is -0.787. The number of nitrogens with one attached hydrogen (secondary N) is 1. The van der Waals surface area contributed by atoms with Crippen molar-refractivity contribution >= 4 is 17.5 Å². The second kappa shape index (κ2) is 5.47. The minimum atomic E-state index is -0.526. The summed E-state index contributed by atoms with van der Waals surface area (Å²) < 4.78 is 18.3. The zero-order valence-corrected chi connectivity index (χ0v) is 9.97. The third-order valence-corrected chi connectivity index (χ3v) is 2.99. The van der Waals surface area contributed by atoms with Gasteiger partial charge in [0.25, 0.3) is 5.91 Å². The van der Waals surface area contributed by atoms with Crippen LogP contribution in [0.15, 0.2) is 18.2 Å². The van der Waals surface area contributed by atoms with Gasteiger partial charge in [0.05, 0.1) is 11.1 Å². The molecule has 0 aromatic heterocycles. The minimum absolute atomic E-state index is 0.0465. The molecule has 2 rings (SSSR count). The first-order valence-corrected chi connectivity index (χ1v) is 5.89. The van der Waals surface area contributed by atoms with Gasteiger partial charge in [0.15, 0.2) is 0 Å². The molecule has 1 aromatic rings. The van der Waals surface area contributed by atoms with Gasteiger partial charge in [0, 0.05) is 18.7 Å². The number of hydrogen-bond donors (Lipinski definition) is 1. The highest BCUT2D eigenvalue weighted by Gasteiger charge is 2.16. The highest BCUT2D eigenvalue weighted by molar-refractivity contribution is 6.31. The van der Waals surface area contributed by atoms with Crippen molar-refractivity contribution in [2.45, 2.75) is 18.9 Å². The molecule has 17 heavy (non-hydrogen) atoms. The van der Waals surface area contributed by atoms with E-state index in [4.69, 9.17) is 16.3 Å². The van der Waals surface area contributed by atoms with Gasteiger partial charge in [-0.25, -0.2) is 4.39 Å². The van der Waals surface area contributed by atoms with Gasteiger partial charge < -0.3 is 10.1 Å². The number of ether oxygens (including phenoxy) is 1. The minimum Gasteiger partial charge on any atom is -0.376 e. The summed E-state index contributed by atoms with van der Waals surface area (Å²) in [6.07, 6.45) is 2.09. The van der Waals surface area contributed by atoms with Crippen molar-refractivity contribution in [1.29, 1.82) is 0 Å². The summed E-state index contributed by atoms with van der Waals surface area (Å²) in [5.41, 5.74) is 0.356.